The Labute approximate surface area is 99.2 Å². The molecule has 0 fully saturated rings. The lowest BCUT2D eigenvalue weighted by Crippen LogP contribution is -1.85. The minimum absolute atomic E-state index is 0.903. The molecule has 1 aromatic rings. The number of thioether (sulfide) groups is 2. The van der Waals surface area contributed by atoms with Gasteiger partial charge in [-0.2, -0.15) is 0 Å². The maximum absolute atomic E-state index is 5.20. The second-order valence-electron chi connectivity index (χ2n) is 2.62. The van der Waals surface area contributed by atoms with Crippen molar-refractivity contribution in [1.82, 2.24) is 0 Å². The van der Waals surface area contributed by atoms with Crippen LogP contribution in [0.1, 0.15) is 5.56 Å². The highest BCUT2D eigenvalue weighted by atomic mass is 32.2. The fraction of sp³-hybridized carbons (Fsp3) is 0.182. The van der Waals surface area contributed by atoms with Crippen molar-refractivity contribution in [2.24, 2.45) is 0 Å². The summed E-state index contributed by atoms with van der Waals surface area (Å²) in [6, 6.07) is 10.4. The average molecular weight is 240 g/mol. The van der Waals surface area contributed by atoms with Gasteiger partial charge in [0.15, 0.2) is 0 Å². The van der Waals surface area contributed by atoms with Crippen molar-refractivity contribution in [2.75, 3.05) is 5.75 Å². The summed E-state index contributed by atoms with van der Waals surface area (Å²) in [5, 5.41) is 0. The van der Waals surface area contributed by atoms with Crippen LogP contribution in [0.2, 0.25) is 0 Å². The maximum Gasteiger partial charge on any atom is 0.104 e. The fourth-order valence-electron chi connectivity index (χ4n) is 0.885. The summed E-state index contributed by atoms with van der Waals surface area (Å²) in [6.45, 7) is 3.66. The van der Waals surface area contributed by atoms with E-state index >= 15 is 0 Å². The molecule has 0 nitrogen and oxygen atoms in total. The van der Waals surface area contributed by atoms with Crippen LogP contribution in [0.5, 0.6) is 0 Å². The lowest BCUT2D eigenvalue weighted by molar-refractivity contribution is 1.43. The third-order valence-electron chi connectivity index (χ3n) is 1.52. The molecule has 0 aliphatic heterocycles. The maximum atomic E-state index is 5.20. The highest BCUT2D eigenvalue weighted by molar-refractivity contribution is 8.46. The van der Waals surface area contributed by atoms with Gasteiger partial charge in [0.2, 0.25) is 0 Å². The van der Waals surface area contributed by atoms with Crippen molar-refractivity contribution in [3.8, 4) is 0 Å². The molecule has 0 radical (unpaired) electrons. The van der Waals surface area contributed by atoms with Gasteiger partial charge < -0.3 is 0 Å². The van der Waals surface area contributed by atoms with Crippen LogP contribution >= 0.6 is 35.7 Å². The van der Waals surface area contributed by atoms with Crippen LogP contribution in [0.4, 0.5) is 0 Å². The van der Waals surface area contributed by atoms with E-state index in [9.17, 15) is 0 Å². The Hall–Kier alpha value is -0.250. The summed E-state index contributed by atoms with van der Waals surface area (Å²) in [4.78, 5) is 0. The molecule has 74 valence electrons. The van der Waals surface area contributed by atoms with E-state index in [1.165, 1.54) is 5.56 Å². The standard InChI is InChI=1S/C11H12S3/c1-2-8-13-11(12)14-9-10-6-4-3-5-7-10/h2-7H,1,8-9H2. The molecule has 0 N–H and O–H groups in total. The minimum atomic E-state index is 0.903. The molecule has 0 heterocycles. The number of benzene rings is 1. The molecule has 0 unspecified atom stereocenters. The lowest BCUT2D eigenvalue weighted by Gasteiger charge is -2.01. The molecule has 0 saturated carbocycles. The summed E-state index contributed by atoms with van der Waals surface area (Å²) in [5.41, 5.74) is 1.32. The molecular weight excluding hydrogens is 228 g/mol. The van der Waals surface area contributed by atoms with Crippen LogP contribution in [0.3, 0.4) is 0 Å². The van der Waals surface area contributed by atoms with E-state index < -0.39 is 0 Å². The van der Waals surface area contributed by atoms with E-state index in [1.54, 1.807) is 23.5 Å². The molecule has 14 heavy (non-hydrogen) atoms. The number of hydrogen-bond donors (Lipinski definition) is 0. The Kier molecular flexibility index (Phi) is 5.99. The molecular formula is C11H12S3. The quantitative estimate of drug-likeness (QED) is 0.574. The second-order valence-corrected chi connectivity index (χ2v) is 5.82. The molecule has 0 saturated heterocycles. The predicted octanol–water partition coefficient (Wildman–Crippen LogP) is 4.12. The van der Waals surface area contributed by atoms with Crippen LogP contribution in [0.15, 0.2) is 43.0 Å². The van der Waals surface area contributed by atoms with E-state index in [0.717, 1.165) is 15.0 Å². The van der Waals surface area contributed by atoms with Crippen LogP contribution in [0, 0.1) is 0 Å². The zero-order valence-electron chi connectivity index (χ0n) is 7.81. The van der Waals surface area contributed by atoms with E-state index in [0.29, 0.717) is 0 Å². The Morgan fingerprint density at radius 2 is 2.00 bits per heavy atom. The van der Waals surface area contributed by atoms with Crippen molar-refractivity contribution in [2.45, 2.75) is 5.75 Å². The summed E-state index contributed by atoms with van der Waals surface area (Å²) >= 11 is 8.58. The molecule has 0 aliphatic carbocycles. The van der Waals surface area contributed by atoms with Crippen LogP contribution < -0.4 is 0 Å². The third kappa shape index (κ3) is 4.84. The molecule has 0 amide bonds. The van der Waals surface area contributed by atoms with Crippen molar-refractivity contribution in [3.63, 3.8) is 0 Å². The summed E-state index contributed by atoms with van der Waals surface area (Å²) in [7, 11) is 0. The van der Waals surface area contributed by atoms with Gasteiger partial charge in [-0.05, 0) is 5.56 Å². The van der Waals surface area contributed by atoms with Crippen molar-refractivity contribution < 1.29 is 0 Å². The van der Waals surface area contributed by atoms with Gasteiger partial charge in [-0.1, -0.05) is 48.6 Å². The van der Waals surface area contributed by atoms with Crippen LogP contribution in [-0.2, 0) is 5.75 Å². The Morgan fingerprint density at radius 3 is 2.64 bits per heavy atom. The molecule has 3 heteroatoms. The van der Waals surface area contributed by atoms with Gasteiger partial charge in [0.25, 0.3) is 0 Å². The zero-order valence-corrected chi connectivity index (χ0v) is 10.3. The van der Waals surface area contributed by atoms with E-state index in [4.69, 9.17) is 12.2 Å². The predicted molar refractivity (Wildman–Crippen MR) is 73.0 cm³/mol. The minimum Gasteiger partial charge on any atom is -0.104 e. The number of thiocarbonyl (C=S) groups is 1. The fourth-order valence-corrected chi connectivity index (χ4v) is 2.71. The molecule has 0 aliphatic rings. The van der Waals surface area contributed by atoms with Gasteiger partial charge in [0.05, 0.1) is 0 Å². The van der Waals surface area contributed by atoms with Gasteiger partial charge in [-0.15, -0.1) is 30.1 Å². The molecule has 0 bridgehead atoms. The lowest BCUT2D eigenvalue weighted by atomic mass is 10.2. The van der Waals surface area contributed by atoms with Crippen molar-refractivity contribution in [1.29, 1.82) is 0 Å². The van der Waals surface area contributed by atoms with Gasteiger partial charge in [-0.25, -0.2) is 0 Å². The molecule has 0 aromatic heterocycles. The third-order valence-corrected chi connectivity index (χ3v) is 4.28. The van der Waals surface area contributed by atoms with Crippen molar-refractivity contribution in [3.05, 3.63) is 48.6 Å². The van der Waals surface area contributed by atoms with Crippen LogP contribution in [0.25, 0.3) is 0 Å². The summed E-state index contributed by atoms with van der Waals surface area (Å²) in [6.07, 6.45) is 1.88. The monoisotopic (exact) mass is 240 g/mol. The molecule has 0 atom stereocenters. The highest BCUT2D eigenvalue weighted by Gasteiger charge is 1.98. The molecule has 0 spiro atoms. The van der Waals surface area contributed by atoms with E-state index in [1.807, 2.05) is 12.1 Å². The highest BCUT2D eigenvalue weighted by Crippen LogP contribution is 2.21. The average Bonchev–Trinajstić information content (AvgIpc) is 2.25. The first-order valence-electron chi connectivity index (χ1n) is 4.27. The van der Waals surface area contributed by atoms with Gasteiger partial charge in [0, 0.05) is 11.5 Å². The van der Waals surface area contributed by atoms with Gasteiger partial charge in [-0.3, -0.25) is 0 Å². The normalized spacial score (nSPS) is 9.71. The first-order valence-corrected chi connectivity index (χ1v) is 6.65. The number of rotatable bonds is 4. The van der Waals surface area contributed by atoms with Crippen LogP contribution in [-0.4, -0.2) is 9.28 Å². The Bertz CT molecular complexity index is 293. The summed E-state index contributed by atoms with van der Waals surface area (Å²) < 4.78 is 0.994. The van der Waals surface area contributed by atoms with E-state index in [2.05, 4.69) is 30.8 Å². The van der Waals surface area contributed by atoms with Gasteiger partial charge >= 0.3 is 0 Å². The van der Waals surface area contributed by atoms with Crippen molar-refractivity contribution >= 4 is 39.3 Å². The Morgan fingerprint density at radius 1 is 1.29 bits per heavy atom. The van der Waals surface area contributed by atoms with E-state index in [-0.39, 0.29) is 0 Å². The van der Waals surface area contributed by atoms with Gasteiger partial charge in [0.1, 0.15) is 3.53 Å². The second kappa shape index (κ2) is 7.10. The largest absolute Gasteiger partial charge is 0.104 e. The topological polar surface area (TPSA) is 0 Å². The smallest absolute Gasteiger partial charge is 0.104 e. The molecule has 1 rings (SSSR count). The summed E-state index contributed by atoms with van der Waals surface area (Å²) in [5.74, 6) is 1.87. The Balaban J connectivity index is 2.27. The first kappa shape index (κ1) is 11.8. The first-order chi connectivity index (χ1) is 6.83. The SMILES string of the molecule is C=CCSC(=S)SCc1ccccc1. The number of hydrogen-bond acceptors (Lipinski definition) is 3. The zero-order chi connectivity index (χ0) is 10.2. The molecule has 1 aromatic carbocycles.